The lowest BCUT2D eigenvalue weighted by atomic mass is 9.87. The zero-order valence-electron chi connectivity index (χ0n) is 15.5. The molecule has 27 heavy (non-hydrogen) atoms. The minimum Gasteiger partial charge on any atom is -0.446 e. The molecule has 2 atom stereocenters. The standard InChI is InChI=1S/C19H23F3N2O3/c1-10(2)27-18(26)24-16-7-6-13(19(20,21)22)8-14(16)15(23-11(3)25)9-17(24)12-4-5-12/h6-8,10,12,15,17H,4-5,9H2,1-3H3,(H,23,25)/t15-,17-/m1/s1. The maximum Gasteiger partial charge on any atom is 0.416 e. The van der Waals surface area contributed by atoms with Gasteiger partial charge in [-0.05, 0) is 62.8 Å². The number of hydrogen-bond acceptors (Lipinski definition) is 3. The molecular weight excluding hydrogens is 361 g/mol. The summed E-state index contributed by atoms with van der Waals surface area (Å²) in [6.45, 7) is 4.78. The van der Waals surface area contributed by atoms with Gasteiger partial charge in [-0.3, -0.25) is 9.69 Å². The Bertz CT molecular complexity index is 744. The number of carbonyl (C=O) groups is 2. The highest BCUT2D eigenvalue weighted by Gasteiger charge is 2.45. The zero-order chi connectivity index (χ0) is 19.9. The number of nitrogens with zero attached hydrogens (tertiary/aromatic N) is 1. The van der Waals surface area contributed by atoms with Crippen LogP contribution in [0, 0.1) is 5.92 Å². The second-order valence-electron chi connectivity index (χ2n) is 7.47. The molecule has 1 saturated carbocycles. The average molecular weight is 384 g/mol. The topological polar surface area (TPSA) is 58.6 Å². The first kappa shape index (κ1) is 19.5. The van der Waals surface area contributed by atoms with Gasteiger partial charge in [0.2, 0.25) is 5.91 Å². The number of carbonyl (C=O) groups excluding carboxylic acids is 2. The SMILES string of the molecule is CC(=O)N[C@@H]1C[C@H](C2CC2)N(C(=O)OC(C)C)c2ccc(C(F)(F)F)cc21. The van der Waals surface area contributed by atoms with Crippen LogP contribution in [0.1, 0.15) is 57.2 Å². The smallest absolute Gasteiger partial charge is 0.416 e. The van der Waals surface area contributed by atoms with E-state index in [-0.39, 0.29) is 29.5 Å². The Hall–Kier alpha value is -2.25. The lowest BCUT2D eigenvalue weighted by molar-refractivity contribution is -0.137. The fraction of sp³-hybridized carbons (Fsp3) is 0.579. The molecular formula is C19H23F3N2O3. The molecule has 0 bridgehead atoms. The van der Waals surface area contributed by atoms with Gasteiger partial charge in [-0.2, -0.15) is 13.2 Å². The van der Waals surface area contributed by atoms with Crippen LogP contribution in [0.5, 0.6) is 0 Å². The van der Waals surface area contributed by atoms with Crippen LogP contribution in [-0.2, 0) is 15.7 Å². The van der Waals surface area contributed by atoms with Crippen LogP contribution in [0.25, 0.3) is 0 Å². The van der Waals surface area contributed by atoms with Gasteiger partial charge in [-0.25, -0.2) is 4.79 Å². The third-order valence-electron chi connectivity index (χ3n) is 4.88. The maximum atomic E-state index is 13.2. The number of hydrogen-bond donors (Lipinski definition) is 1. The number of alkyl halides is 3. The number of nitrogens with one attached hydrogen (secondary N) is 1. The van der Waals surface area contributed by atoms with Crippen molar-refractivity contribution in [3.63, 3.8) is 0 Å². The van der Waals surface area contributed by atoms with Crippen molar-refractivity contribution in [2.75, 3.05) is 4.90 Å². The van der Waals surface area contributed by atoms with Crippen LogP contribution in [0.2, 0.25) is 0 Å². The van der Waals surface area contributed by atoms with Gasteiger partial charge in [0.1, 0.15) is 0 Å². The molecule has 1 heterocycles. The van der Waals surface area contributed by atoms with Crippen molar-refractivity contribution in [3.8, 4) is 0 Å². The Morgan fingerprint density at radius 3 is 2.44 bits per heavy atom. The molecule has 3 rings (SSSR count). The lowest BCUT2D eigenvalue weighted by Gasteiger charge is -2.41. The Labute approximate surface area is 155 Å². The Morgan fingerprint density at radius 2 is 1.93 bits per heavy atom. The zero-order valence-corrected chi connectivity index (χ0v) is 15.5. The largest absolute Gasteiger partial charge is 0.446 e. The first-order valence-electron chi connectivity index (χ1n) is 9.06. The van der Waals surface area contributed by atoms with E-state index < -0.39 is 23.9 Å². The Kier molecular flexibility index (Phi) is 5.10. The van der Waals surface area contributed by atoms with Gasteiger partial charge >= 0.3 is 12.3 Å². The van der Waals surface area contributed by atoms with Crippen molar-refractivity contribution in [2.45, 2.75) is 64.4 Å². The average Bonchev–Trinajstić information content (AvgIpc) is 3.36. The molecule has 2 aliphatic rings. The van der Waals surface area contributed by atoms with Crippen molar-refractivity contribution in [1.82, 2.24) is 5.32 Å². The van der Waals surface area contributed by atoms with Crippen molar-refractivity contribution in [2.24, 2.45) is 5.92 Å². The van der Waals surface area contributed by atoms with E-state index in [9.17, 15) is 22.8 Å². The van der Waals surface area contributed by atoms with Gasteiger partial charge in [0.05, 0.1) is 23.4 Å². The van der Waals surface area contributed by atoms with Crippen LogP contribution >= 0.6 is 0 Å². The highest BCUT2D eigenvalue weighted by atomic mass is 19.4. The number of amides is 2. The van der Waals surface area contributed by atoms with E-state index in [2.05, 4.69) is 5.32 Å². The molecule has 0 radical (unpaired) electrons. The van der Waals surface area contributed by atoms with Gasteiger partial charge in [0.15, 0.2) is 0 Å². The molecule has 1 aliphatic heterocycles. The fourth-order valence-electron chi connectivity index (χ4n) is 3.64. The second kappa shape index (κ2) is 7.05. The molecule has 5 nitrogen and oxygen atoms in total. The molecule has 0 saturated heterocycles. The predicted octanol–water partition coefficient (Wildman–Crippen LogP) is 4.42. The Balaban J connectivity index is 2.08. The van der Waals surface area contributed by atoms with Gasteiger partial charge in [0.25, 0.3) is 0 Å². The third kappa shape index (κ3) is 4.20. The molecule has 0 aromatic heterocycles. The molecule has 148 valence electrons. The van der Waals surface area contributed by atoms with Gasteiger partial charge in [-0.1, -0.05) is 0 Å². The molecule has 2 amide bonds. The lowest BCUT2D eigenvalue weighted by Crippen LogP contribution is -2.49. The summed E-state index contributed by atoms with van der Waals surface area (Å²) in [5.74, 6) is -0.0625. The number of halogens is 3. The monoisotopic (exact) mass is 384 g/mol. The molecule has 1 aromatic carbocycles. The van der Waals surface area contributed by atoms with E-state index in [0.717, 1.165) is 25.0 Å². The molecule has 1 aliphatic carbocycles. The quantitative estimate of drug-likeness (QED) is 0.840. The molecule has 0 spiro atoms. The Morgan fingerprint density at radius 1 is 1.26 bits per heavy atom. The third-order valence-corrected chi connectivity index (χ3v) is 4.88. The van der Waals surface area contributed by atoms with E-state index in [1.807, 2.05) is 0 Å². The number of benzene rings is 1. The van der Waals surface area contributed by atoms with Crippen molar-refractivity contribution >= 4 is 17.7 Å². The first-order chi connectivity index (χ1) is 12.6. The summed E-state index contributed by atoms with van der Waals surface area (Å²) in [5, 5.41) is 2.74. The summed E-state index contributed by atoms with van der Waals surface area (Å²) < 4.78 is 44.9. The molecule has 0 unspecified atom stereocenters. The van der Waals surface area contributed by atoms with Crippen LogP contribution < -0.4 is 10.2 Å². The van der Waals surface area contributed by atoms with Gasteiger partial charge in [-0.15, -0.1) is 0 Å². The molecule has 1 aromatic rings. The van der Waals surface area contributed by atoms with Crippen LogP contribution in [-0.4, -0.2) is 24.1 Å². The minimum atomic E-state index is -4.51. The van der Waals surface area contributed by atoms with Gasteiger partial charge in [0, 0.05) is 13.0 Å². The summed E-state index contributed by atoms with van der Waals surface area (Å²) in [7, 11) is 0. The van der Waals surface area contributed by atoms with Crippen LogP contribution in [0.3, 0.4) is 0 Å². The number of anilines is 1. The summed E-state index contributed by atoms with van der Waals surface area (Å²) in [6.07, 6.45) is -3.16. The first-order valence-corrected chi connectivity index (χ1v) is 9.06. The van der Waals surface area contributed by atoms with Crippen molar-refractivity contribution in [1.29, 1.82) is 0 Å². The normalized spacial score (nSPS) is 22.4. The number of ether oxygens (including phenoxy) is 1. The number of fused-ring (bicyclic) bond motifs is 1. The maximum absolute atomic E-state index is 13.2. The van der Waals surface area contributed by atoms with Crippen LogP contribution in [0.4, 0.5) is 23.7 Å². The summed E-state index contributed by atoms with van der Waals surface area (Å²) in [6, 6.07) is 2.51. The molecule has 1 fully saturated rings. The predicted molar refractivity (Wildman–Crippen MR) is 93.2 cm³/mol. The fourth-order valence-corrected chi connectivity index (χ4v) is 3.64. The second-order valence-corrected chi connectivity index (χ2v) is 7.47. The van der Waals surface area contributed by atoms with E-state index in [1.165, 1.54) is 17.9 Å². The highest BCUT2D eigenvalue weighted by Crippen LogP contribution is 2.47. The van der Waals surface area contributed by atoms with Gasteiger partial charge < -0.3 is 10.1 Å². The summed E-state index contributed by atoms with van der Waals surface area (Å²) in [4.78, 5) is 25.8. The van der Waals surface area contributed by atoms with E-state index in [1.54, 1.807) is 13.8 Å². The van der Waals surface area contributed by atoms with E-state index in [4.69, 9.17) is 4.74 Å². The minimum absolute atomic E-state index is 0.211. The summed E-state index contributed by atoms with van der Waals surface area (Å²) in [5.41, 5.74) is -0.146. The molecule has 8 heteroatoms. The van der Waals surface area contributed by atoms with Crippen molar-refractivity contribution < 1.29 is 27.5 Å². The van der Waals surface area contributed by atoms with Crippen molar-refractivity contribution in [3.05, 3.63) is 29.3 Å². The molecule has 1 N–H and O–H groups in total. The highest BCUT2D eigenvalue weighted by molar-refractivity contribution is 5.91. The summed E-state index contributed by atoms with van der Waals surface area (Å²) >= 11 is 0. The number of rotatable bonds is 3. The van der Waals surface area contributed by atoms with E-state index >= 15 is 0 Å². The van der Waals surface area contributed by atoms with E-state index in [0.29, 0.717) is 12.1 Å². The van der Waals surface area contributed by atoms with Crippen LogP contribution in [0.15, 0.2) is 18.2 Å².